The van der Waals surface area contributed by atoms with E-state index < -0.39 is 11.8 Å². The molecular weight excluding hydrogens is 291 g/mol. The van der Waals surface area contributed by atoms with Crippen molar-refractivity contribution in [3.8, 4) is 17.1 Å². The number of carboxylic acid groups (broad SMARTS) is 1. The summed E-state index contributed by atoms with van der Waals surface area (Å²) in [6, 6.07) is 5.48. The van der Waals surface area contributed by atoms with Crippen LogP contribution in [0.2, 0.25) is 0 Å². The van der Waals surface area contributed by atoms with Gasteiger partial charge < -0.3 is 14.6 Å². The maximum absolute atomic E-state index is 13.0. The molecule has 0 spiro atoms. The summed E-state index contributed by atoms with van der Waals surface area (Å²) < 4.78 is 23.6. The summed E-state index contributed by atoms with van der Waals surface area (Å²) in [5.41, 5.74) is 0.534. The van der Waals surface area contributed by atoms with Crippen molar-refractivity contribution in [3.05, 3.63) is 42.0 Å². The van der Waals surface area contributed by atoms with E-state index >= 15 is 0 Å². The summed E-state index contributed by atoms with van der Waals surface area (Å²) >= 11 is 0. The van der Waals surface area contributed by atoms with E-state index in [-0.39, 0.29) is 30.0 Å². The highest BCUT2D eigenvalue weighted by atomic mass is 19.1. The number of rotatable bonds is 6. The number of hydrogen-bond acceptors (Lipinski definition) is 5. The maximum Gasteiger partial charge on any atom is 0.356 e. The average molecular weight is 306 g/mol. The summed E-state index contributed by atoms with van der Waals surface area (Å²) in [5.74, 6) is -1.44. The van der Waals surface area contributed by atoms with Crippen LogP contribution >= 0.6 is 0 Å². The quantitative estimate of drug-likeness (QED) is 0.882. The van der Waals surface area contributed by atoms with Crippen molar-refractivity contribution in [3.63, 3.8) is 0 Å². The third kappa shape index (κ3) is 3.76. The summed E-state index contributed by atoms with van der Waals surface area (Å²) in [6.45, 7) is 2.04. The molecule has 22 heavy (non-hydrogen) atoms. The van der Waals surface area contributed by atoms with E-state index in [0.717, 1.165) is 6.20 Å². The summed E-state index contributed by atoms with van der Waals surface area (Å²) in [6.07, 6.45) is 0.948. The molecule has 0 radical (unpaired) electrons. The minimum absolute atomic E-state index is 0.165. The summed E-state index contributed by atoms with van der Waals surface area (Å²) in [4.78, 5) is 19.1. The highest BCUT2D eigenvalue weighted by Gasteiger charge is 2.16. The van der Waals surface area contributed by atoms with Gasteiger partial charge in [-0.25, -0.2) is 19.2 Å². The van der Waals surface area contributed by atoms with Crippen LogP contribution in [-0.4, -0.2) is 40.9 Å². The first kappa shape index (κ1) is 15.8. The molecule has 1 heterocycles. The Labute approximate surface area is 126 Å². The Hall–Kier alpha value is -2.54. The molecule has 0 fully saturated rings. The highest BCUT2D eigenvalue weighted by Crippen LogP contribution is 2.26. The second-order valence-corrected chi connectivity index (χ2v) is 4.58. The molecule has 0 aliphatic carbocycles. The van der Waals surface area contributed by atoms with Gasteiger partial charge in [-0.2, -0.15) is 0 Å². The fraction of sp³-hybridized carbons (Fsp3) is 0.267. The predicted octanol–water partition coefficient (Wildman–Crippen LogP) is 2.39. The Kier molecular flexibility index (Phi) is 5.00. The number of carboxylic acids is 1. The Morgan fingerprint density at radius 3 is 2.64 bits per heavy atom. The maximum atomic E-state index is 13.0. The first-order valence-corrected chi connectivity index (χ1v) is 6.53. The molecule has 0 saturated heterocycles. The molecule has 1 aromatic heterocycles. The second-order valence-electron chi connectivity index (χ2n) is 4.58. The van der Waals surface area contributed by atoms with E-state index in [4.69, 9.17) is 14.6 Å². The molecule has 0 aliphatic rings. The summed E-state index contributed by atoms with van der Waals surface area (Å²) in [5, 5.41) is 9.02. The smallest absolute Gasteiger partial charge is 0.356 e. The van der Waals surface area contributed by atoms with E-state index in [9.17, 15) is 9.18 Å². The minimum atomic E-state index is -1.20. The van der Waals surface area contributed by atoms with Crippen LogP contribution in [0.25, 0.3) is 11.3 Å². The van der Waals surface area contributed by atoms with Gasteiger partial charge >= 0.3 is 5.97 Å². The van der Waals surface area contributed by atoms with Crippen molar-refractivity contribution in [2.45, 2.75) is 13.0 Å². The van der Waals surface area contributed by atoms with Crippen LogP contribution in [0.15, 0.2) is 30.5 Å². The number of hydrogen-bond donors (Lipinski definition) is 1. The Balaban J connectivity index is 2.39. The average Bonchev–Trinajstić information content (AvgIpc) is 2.53. The lowest BCUT2D eigenvalue weighted by Gasteiger charge is -2.13. The standard InChI is InChI=1S/C15H15FN2O4/c1-9(21-2)8-22-14-13(10-3-5-11(16)6-4-10)18-12(7-17-14)15(19)20/h3-7,9H,8H2,1-2H3,(H,19,20)/t9-/m1/s1. The molecule has 116 valence electrons. The zero-order valence-electron chi connectivity index (χ0n) is 12.1. The van der Waals surface area contributed by atoms with E-state index in [1.165, 1.54) is 24.3 Å². The van der Waals surface area contributed by atoms with Crippen LogP contribution < -0.4 is 4.74 Å². The predicted molar refractivity (Wildman–Crippen MR) is 76.4 cm³/mol. The van der Waals surface area contributed by atoms with E-state index in [1.54, 1.807) is 7.11 Å². The molecule has 1 atom stereocenters. The van der Waals surface area contributed by atoms with E-state index in [1.807, 2.05) is 6.92 Å². The highest BCUT2D eigenvalue weighted by molar-refractivity contribution is 5.86. The van der Waals surface area contributed by atoms with Gasteiger partial charge in [0.15, 0.2) is 5.69 Å². The van der Waals surface area contributed by atoms with Crippen molar-refractivity contribution in [2.24, 2.45) is 0 Å². The number of carbonyl (C=O) groups is 1. The van der Waals surface area contributed by atoms with Gasteiger partial charge in [-0.1, -0.05) is 0 Å². The zero-order chi connectivity index (χ0) is 16.1. The van der Waals surface area contributed by atoms with Gasteiger partial charge in [-0.05, 0) is 31.2 Å². The van der Waals surface area contributed by atoms with Crippen LogP contribution in [0.1, 0.15) is 17.4 Å². The molecule has 2 rings (SSSR count). The lowest BCUT2D eigenvalue weighted by Crippen LogP contribution is -2.17. The molecule has 0 bridgehead atoms. The third-order valence-electron chi connectivity index (χ3n) is 2.93. The fourth-order valence-corrected chi connectivity index (χ4v) is 1.65. The Bertz CT molecular complexity index is 661. The van der Waals surface area contributed by atoms with Crippen LogP contribution in [0.5, 0.6) is 5.88 Å². The molecular formula is C15H15FN2O4. The van der Waals surface area contributed by atoms with Gasteiger partial charge in [0.1, 0.15) is 18.1 Å². The molecule has 1 N–H and O–H groups in total. The molecule has 2 aromatic rings. The van der Waals surface area contributed by atoms with Crippen molar-refractivity contribution < 1.29 is 23.8 Å². The van der Waals surface area contributed by atoms with Crippen LogP contribution in [0.3, 0.4) is 0 Å². The molecule has 7 heteroatoms. The van der Waals surface area contributed by atoms with Crippen molar-refractivity contribution >= 4 is 5.97 Å². The van der Waals surface area contributed by atoms with Gasteiger partial charge in [0.05, 0.1) is 12.3 Å². The van der Waals surface area contributed by atoms with Gasteiger partial charge in [-0.3, -0.25) is 0 Å². The van der Waals surface area contributed by atoms with Crippen molar-refractivity contribution in [1.29, 1.82) is 0 Å². The number of ether oxygens (including phenoxy) is 2. The number of aromatic nitrogens is 2. The number of halogens is 1. The zero-order valence-corrected chi connectivity index (χ0v) is 12.1. The van der Waals surface area contributed by atoms with Gasteiger partial charge in [0.25, 0.3) is 0 Å². The SMILES string of the molecule is CO[C@H](C)COc1ncc(C(=O)O)nc1-c1ccc(F)cc1. The van der Waals surface area contributed by atoms with Gasteiger partial charge in [-0.15, -0.1) is 0 Å². The second kappa shape index (κ2) is 6.95. The molecule has 1 aromatic carbocycles. The third-order valence-corrected chi connectivity index (χ3v) is 2.93. The van der Waals surface area contributed by atoms with Crippen molar-refractivity contribution in [2.75, 3.05) is 13.7 Å². The topological polar surface area (TPSA) is 81.5 Å². The Morgan fingerprint density at radius 2 is 2.05 bits per heavy atom. The van der Waals surface area contributed by atoms with Gasteiger partial charge in [0, 0.05) is 12.7 Å². The Morgan fingerprint density at radius 1 is 1.36 bits per heavy atom. The van der Waals surface area contributed by atoms with Crippen LogP contribution in [-0.2, 0) is 4.74 Å². The number of methoxy groups -OCH3 is 1. The van der Waals surface area contributed by atoms with Gasteiger partial charge in [0.2, 0.25) is 5.88 Å². The molecule has 0 aliphatic heterocycles. The first-order valence-electron chi connectivity index (χ1n) is 6.53. The minimum Gasteiger partial charge on any atom is -0.476 e. The number of nitrogens with zero attached hydrogens (tertiary/aromatic N) is 2. The van der Waals surface area contributed by atoms with E-state index in [0.29, 0.717) is 5.56 Å². The normalized spacial score (nSPS) is 12.0. The fourth-order valence-electron chi connectivity index (χ4n) is 1.65. The molecule has 0 amide bonds. The van der Waals surface area contributed by atoms with Crippen LogP contribution in [0.4, 0.5) is 4.39 Å². The van der Waals surface area contributed by atoms with Crippen molar-refractivity contribution in [1.82, 2.24) is 9.97 Å². The largest absolute Gasteiger partial charge is 0.476 e. The molecule has 0 unspecified atom stereocenters. The first-order chi connectivity index (χ1) is 10.5. The lowest BCUT2D eigenvalue weighted by molar-refractivity contribution is 0.0679. The number of aromatic carboxylic acids is 1. The molecule has 6 nitrogen and oxygen atoms in total. The lowest BCUT2D eigenvalue weighted by atomic mass is 10.1. The number of benzene rings is 1. The summed E-state index contributed by atoms with van der Waals surface area (Å²) in [7, 11) is 1.55. The van der Waals surface area contributed by atoms with Crippen LogP contribution in [0, 0.1) is 5.82 Å². The molecule has 0 saturated carbocycles. The van der Waals surface area contributed by atoms with E-state index in [2.05, 4.69) is 9.97 Å². The monoisotopic (exact) mass is 306 g/mol.